The molecule has 1 aromatic rings. The molecule has 0 saturated heterocycles. The van der Waals surface area contributed by atoms with Crippen LogP contribution in [0, 0.1) is 6.92 Å². The van der Waals surface area contributed by atoms with Crippen LogP contribution < -0.4 is 5.19 Å². The van der Waals surface area contributed by atoms with Crippen molar-refractivity contribution < 1.29 is 13.0 Å². The largest absolute Gasteiger partial charge is 0.294 e. The van der Waals surface area contributed by atoms with Crippen LogP contribution in [-0.2, 0) is 10.1 Å². The summed E-state index contributed by atoms with van der Waals surface area (Å²) in [6.07, 6.45) is 0. The summed E-state index contributed by atoms with van der Waals surface area (Å²) in [5, 5.41) is 1.15. The van der Waals surface area contributed by atoms with E-state index in [1.165, 1.54) is 6.07 Å². The highest BCUT2D eigenvalue weighted by Crippen LogP contribution is 2.61. The molecule has 0 aromatic heterocycles. The third-order valence-electron chi connectivity index (χ3n) is 5.29. The summed E-state index contributed by atoms with van der Waals surface area (Å²) >= 11 is 0. The van der Waals surface area contributed by atoms with Crippen LogP contribution in [0.4, 0.5) is 0 Å². The molecular weight excluding hydrogens is 336 g/mol. The van der Waals surface area contributed by atoms with Crippen molar-refractivity contribution in [3.8, 4) is 0 Å². The van der Waals surface area contributed by atoms with Gasteiger partial charge in [-0.2, -0.15) is 8.42 Å². The quantitative estimate of drug-likeness (QED) is 0.568. The van der Waals surface area contributed by atoms with Crippen LogP contribution in [0.1, 0.15) is 67.9 Å². The molecule has 0 heterocycles. The van der Waals surface area contributed by atoms with E-state index in [-0.39, 0.29) is 20.0 Å². The Kier molecular flexibility index (Phi) is 5.31. The van der Waals surface area contributed by atoms with E-state index in [1.54, 1.807) is 6.07 Å². The fourth-order valence-electron chi connectivity index (χ4n) is 5.75. The average molecular weight is 371 g/mol. The molecule has 3 nitrogen and oxygen atoms in total. The Balaban J connectivity index is 4.09. The first kappa shape index (κ1) is 21.4. The first-order valence-corrected chi connectivity index (χ1v) is 11.9. The summed E-state index contributed by atoms with van der Waals surface area (Å²) in [6, 6.07) is 5.07. The van der Waals surface area contributed by atoms with Gasteiger partial charge in [-0.3, -0.25) is 4.55 Å². The zero-order valence-corrected chi connectivity index (χ0v) is 18.7. The first-order chi connectivity index (χ1) is 10.4. The standard InChI is InChI=1S/C19H34O3SSi/c1-14-11-12-15(23(20,21)22)13-16(14)24(17(2,3)4,18(5,6)7)19(8,9)10/h11-13H,1-10H3,(H,20,21,22). The Morgan fingerprint density at radius 3 is 1.50 bits per heavy atom. The van der Waals surface area contributed by atoms with Gasteiger partial charge >= 0.3 is 0 Å². The fourth-order valence-corrected chi connectivity index (χ4v) is 16.6. The van der Waals surface area contributed by atoms with E-state index in [0.717, 1.165) is 10.8 Å². The Morgan fingerprint density at radius 2 is 1.21 bits per heavy atom. The van der Waals surface area contributed by atoms with Crippen molar-refractivity contribution >= 4 is 23.4 Å². The lowest BCUT2D eigenvalue weighted by Crippen LogP contribution is -2.67. The summed E-state index contributed by atoms with van der Waals surface area (Å²) in [5.74, 6) is 0. The van der Waals surface area contributed by atoms with Crippen LogP contribution in [0.25, 0.3) is 0 Å². The molecule has 138 valence electrons. The van der Waals surface area contributed by atoms with Crippen LogP contribution in [0.15, 0.2) is 23.1 Å². The van der Waals surface area contributed by atoms with Crippen LogP contribution in [0.2, 0.25) is 15.1 Å². The summed E-state index contributed by atoms with van der Waals surface area (Å²) in [7, 11) is -6.52. The lowest BCUT2D eigenvalue weighted by molar-refractivity contribution is 0.483. The van der Waals surface area contributed by atoms with E-state index in [1.807, 2.05) is 13.0 Å². The van der Waals surface area contributed by atoms with Gasteiger partial charge in [-0.1, -0.05) is 79.1 Å². The number of benzene rings is 1. The maximum atomic E-state index is 11.7. The molecule has 0 fully saturated rings. The molecule has 24 heavy (non-hydrogen) atoms. The Hall–Kier alpha value is -0.653. The highest BCUT2D eigenvalue weighted by Gasteiger charge is 2.61. The molecule has 0 aliphatic carbocycles. The summed E-state index contributed by atoms with van der Waals surface area (Å²) < 4.78 is 33.1. The van der Waals surface area contributed by atoms with Crippen molar-refractivity contribution in [2.24, 2.45) is 0 Å². The highest BCUT2D eigenvalue weighted by molar-refractivity contribution is 7.85. The average Bonchev–Trinajstić information content (AvgIpc) is 2.24. The molecule has 0 unspecified atom stereocenters. The molecule has 5 heteroatoms. The van der Waals surface area contributed by atoms with Gasteiger partial charge in [0.2, 0.25) is 0 Å². The molecule has 0 radical (unpaired) electrons. The minimum Gasteiger partial charge on any atom is -0.282 e. The van der Waals surface area contributed by atoms with Gasteiger partial charge in [0.05, 0.1) is 4.90 Å². The highest BCUT2D eigenvalue weighted by atomic mass is 32.2. The second-order valence-corrected chi connectivity index (χ2v) is 17.9. The molecule has 0 atom stereocenters. The van der Waals surface area contributed by atoms with Crippen molar-refractivity contribution in [2.45, 2.75) is 89.2 Å². The van der Waals surface area contributed by atoms with Crippen LogP contribution in [-0.4, -0.2) is 21.0 Å². The van der Waals surface area contributed by atoms with Crippen molar-refractivity contribution in [3.05, 3.63) is 23.8 Å². The van der Waals surface area contributed by atoms with Gasteiger partial charge in [0.1, 0.15) is 8.07 Å². The minimum atomic E-state index is -4.22. The van der Waals surface area contributed by atoms with Crippen LogP contribution in [0.5, 0.6) is 0 Å². The minimum absolute atomic E-state index is 0.00211. The monoisotopic (exact) mass is 370 g/mol. The lowest BCUT2D eigenvalue weighted by Gasteiger charge is -2.60. The van der Waals surface area contributed by atoms with E-state index in [0.29, 0.717) is 0 Å². The van der Waals surface area contributed by atoms with Crippen molar-refractivity contribution in [1.82, 2.24) is 0 Å². The normalized spacial score (nSPS) is 14.8. The van der Waals surface area contributed by atoms with Gasteiger partial charge in [-0.05, 0) is 34.2 Å². The second-order valence-electron chi connectivity index (χ2n) is 9.95. The SMILES string of the molecule is Cc1ccc(S(=O)(=O)O)cc1[Si](C(C)(C)C)(C(C)(C)C)C(C)(C)C. The molecule has 0 aliphatic rings. The predicted molar refractivity (Wildman–Crippen MR) is 106 cm³/mol. The van der Waals surface area contributed by atoms with Crippen LogP contribution in [0.3, 0.4) is 0 Å². The second kappa shape index (κ2) is 5.96. The summed E-state index contributed by atoms with van der Waals surface area (Å²) in [6.45, 7) is 22.5. The van der Waals surface area contributed by atoms with Gasteiger partial charge in [0.25, 0.3) is 10.1 Å². The first-order valence-electron chi connectivity index (χ1n) is 8.46. The predicted octanol–water partition coefficient (Wildman–Crippen LogP) is 5.30. The molecule has 0 spiro atoms. The Labute approximate surface area is 149 Å². The Bertz CT molecular complexity index is 678. The van der Waals surface area contributed by atoms with E-state index in [2.05, 4.69) is 62.3 Å². The molecule has 0 aliphatic heterocycles. The van der Waals surface area contributed by atoms with Crippen molar-refractivity contribution in [3.63, 3.8) is 0 Å². The van der Waals surface area contributed by atoms with E-state index in [9.17, 15) is 13.0 Å². The number of rotatable bonds is 2. The maximum Gasteiger partial charge on any atom is 0.294 e. The van der Waals surface area contributed by atoms with Gasteiger partial charge in [0.15, 0.2) is 0 Å². The summed E-state index contributed by atoms with van der Waals surface area (Å²) in [4.78, 5) is -0.00211. The molecule has 0 saturated carbocycles. The third-order valence-corrected chi connectivity index (χ3v) is 14.2. The number of hydrogen-bond acceptors (Lipinski definition) is 2. The molecule has 0 amide bonds. The smallest absolute Gasteiger partial charge is 0.282 e. The molecule has 1 rings (SSSR count). The lowest BCUT2D eigenvalue weighted by atomic mass is 10.2. The van der Waals surface area contributed by atoms with Gasteiger partial charge in [-0.15, -0.1) is 0 Å². The van der Waals surface area contributed by atoms with Gasteiger partial charge in [0, 0.05) is 0 Å². The van der Waals surface area contributed by atoms with Crippen LogP contribution >= 0.6 is 0 Å². The van der Waals surface area contributed by atoms with Gasteiger partial charge in [-0.25, -0.2) is 0 Å². The van der Waals surface area contributed by atoms with Crippen molar-refractivity contribution in [2.75, 3.05) is 0 Å². The zero-order valence-electron chi connectivity index (χ0n) is 16.9. The number of aryl methyl sites for hydroxylation is 1. The summed E-state index contributed by atoms with van der Waals surface area (Å²) in [5.41, 5.74) is 1.11. The molecule has 1 N–H and O–H groups in total. The molecular formula is C19H34O3SSi. The van der Waals surface area contributed by atoms with Gasteiger partial charge < -0.3 is 0 Å². The molecule has 1 aromatic carbocycles. The van der Waals surface area contributed by atoms with E-state index in [4.69, 9.17) is 0 Å². The van der Waals surface area contributed by atoms with Crippen molar-refractivity contribution in [1.29, 1.82) is 0 Å². The topological polar surface area (TPSA) is 54.4 Å². The van der Waals surface area contributed by atoms with E-state index < -0.39 is 18.2 Å². The number of hydrogen-bond donors (Lipinski definition) is 1. The fraction of sp³-hybridized carbons (Fsp3) is 0.684. The molecule has 0 bridgehead atoms. The maximum absolute atomic E-state index is 11.7. The third kappa shape index (κ3) is 3.35. The Morgan fingerprint density at radius 1 is 0.833 bits per heavy atom. The van der Waals surface area contributed by atoms with E-state index >= 15 is 0 Å². The zero-order chi connectivity index (χ0) is 19.4.